The number of allylic oxidation sites excluding steroid dienone is 8. The number of fused-ring (bicyclic) bond motifs is 6. The van der Waals surface area contributed by atoms with E-state index in [1.807, 2.05) is 103 Å². The molecular formula is C59H59ClF6N2O6S2. The van der Waals surface area contributed by atoms with E-state index in [0.29, 0.717) is 25.9 Å². The summed E-state index contributed by atoms with van der Waals surface area (Å²) in [7, 11) is -9.11. The zero-order chi connectivity index (χ0) is 53.8. The Morgan fingerprint density at radius 3 is 1.58 bits per heavy atom. The maximum absolute atomic E-state index is 14.0. The Balaban J connectivity index is 0.00000840. The zero-order valence-electron chi connectivity index (χ0n) is 42.4. The number of alkyl halides is 6. The lowest BCUT2D eigenvalue weighted by Crippen LogP contribution is -3.00. The molecule has 0 bridgehead atoms. The van der Waals surface area contributed by atoms with Crippen LogP contribution in [-0.4, -0.2) is 64.1 Å². The zero-order valence-corrected chi connectivity index (χ0v) is 44.7. The van der Waals surface area contributed by atoms with Crippen molar-refractivity contribution in [2.75, 3.05) is 29.5 Å². The van der Waals surface area contributed by atoms with Crippen molar-refractivity contribution in [3.8, 4) is 0 Å². The first-order valence-electron chi connectivity index (χ1n) is 24.7. The van der Waals surface area contributed by atoms with Crippen molar-refractivity contribution in [1.82, 2.24) is 0 Å². The molecule has 0 N–H and O–H groups in total. The van der Waals surface area contributed by atoms with Crippen molar-refractivity contribution >= 4 is 58.9 Å². The third kappa shape index (κ3) is 12.9. The van der Waals surface area contributed by atoms with Crippen LogP contribution in [0, 0.1) is 0 Å². The van der Waals surface area contributed by atoms with Crippen LogP contribution in [0.3, 0.4) is 0 Å². The number of benzene rings is 6. The van der Waals surface area contributed by atoms with Gasteiger partial charge in [0.1, 0.15) is 6.54 Å². The van der Waals surface area contributed by atoms with Gasteiger partial charge >= 0.3 is 12.4 Å². The quantitative estimate of drug-likeness (QED) is 0.0247. The summed E-state index contributed by atoms with van der Waals surface area (Å²) < 4.78 is 148. The molecule has 2 aliphatic heterocycles. The first-order chi connectivity index (χ1) is 35.5. The van der Waals surface area contributed by atoms with E-state index >= 15 is 0 Å². The molecule has 0 saturated carbocycles. The van der Waals surface area contributed by atoms with Crippen LogP contribution in [-0.2, 0) is 39.4 Å². The minimum atomic E-state index is -4.94. The molecule has 8 nitrogen and oxygen atoms in total. The van der Waals surface area contributed by atoms with Crippen molar-refractivity contribution in [2.45, 2.75) is 88.8 Å². The van der Waals surface area contributed by atoms with E-state index < -0.39 is 67.1 Å². The van der Waals surface area contributed by atoms with E-state index in [4.69, 9.17) is 8.37 Å². The van der Waals surface area contributed by atoms with Crippen LogP contribution in [0.4, 0.5) is 37.7 Å². The molecule has 0 saturated heterocycles. The summed E-state index contributed by atoms with van der Waals surface area (Å²) in [6.07, 6.45) is -0.704. The average molecular weight is 1110 g/mol. The van der Waals surface area contributed by atoms with Gasteiger partial charge < -0.3 is 17.3 Å². The highest BCUT2D eigenvalue weighted by Crippen LogP contribution is 2.51. The minimum Gasteiger partial charge on any atom is -1.00 e. The standard InChI is InChI=1S/C59H59F6N2O6S2.ClH/c1-56(2)50(66(48-36-34-42-24-16-18-30-46(42)52(48)56)38-20-22-40-74(68,69)72-54(58(60,61)62)44-26-10-8-11-27-44)32-14-6-5-7-15-33-51-57(3,4)53-47-31-19-17-25-43(47)35-37-49(53)67(51)39-21-23-41-75(70,71)73-55(59(63,64)65)45-28-12-9-13-29-45;/h5-19,24-37,54-55H,20-23,38-41H2,1-4H3;1H/q+1;/p-1. The van der Waals surface area contributed by atoms with Crippen LogP contribution < -0.4 is 17.3 Å². The van der Waals surface area contributed by atoms with Crippen molar-refractivity contribution in [3.05, 3.63) is 204 Å². The molecule has 0 aromatic heterocycles. The normalized spacial score (nSPS) is 17.1. The molecule has 0 aliphatic carbocycles. The van der Waals surface area contributed by atoms with E-state index in [0.717, 1.165) is 55.5 Å². The number of unbranched alkanes of at least 4 members (excludes halogenated alkanes) is 2. The van der Waals surface area contributed by atoms with Gasteiger partial charge in [-0.3, -0.25) is 8.37 Å². The second-order valence-corrected chi connectivity index (χ2v) is 23.2. The summed E-state index contributed by atoms with van der Waals surface area (Å²) in [6, 6.07) is 37.7. The average Bonchev–Trinajstić information content (AvgIpc) is 3.83. The lowest BCUT2D eigenvalue weighted by atomic mass is 9.79. The Bertz CT molecular complexity index is 3430. The second kappa shape index (κ2) is 23.3. The van der Waals surface area contributed by atoms with Crippen molar-refractivity contribution in [2.24, 2.45) is 0 Å². The predicted molar refractivity (Wildman–Crippen MR) is 285 cm³/mol. The molecule has 0 fully saturated rings. The Kier molecular flexibility index (Phi) is 17.7. The van der Waals surface area contributed by atoms with E-state index in [-0.39, 0.29) is 36.4 Å². The molecular weight excluding hydrogens is 1050 g/mol. The fourth-order valence-corrected chi connectivity index (χ4v) is 12.7. The fourth-order valence-electron chi connectivity index (χ4n) is 10.4. The molecule has 0 spiro atoms. The fraction of sp³-hybridized carbons (Fsp3) is 0.305. The Morgan fingerprint density at radius 1 is 0.553 bits per heavy atom. The van der Waals surface area contributed by atoms with Gasteiger partial charge in [0.2, 0.25) is 5.69 Å². The van der Waals surface area contributed by atoms with Gasteiger partial charge in [0.25, 0.3) is 20.2 Å². The summed E-state index contributed by atoms with van der Waals surface area (Å²) in [5.74, 6) is -1.18. The summed E-state index contributed by atoms with van der Waals surface area (Å²) >= 11 is 0. The highest BCUT2D eigenvalue weighted by molar-refractivity contribution is 7.86. The lowest BCUT2D eigenvalue weighted by molar-refractivity contribution is -0.438. The van der Waals surface area contributed by atoms with Gasteiger partial charge in [-0.2, -0.15) is 47.8 Å². The van der Waals surface area contributed by atoms with E-state index in [1.54, 1.807) is 0 Å². The van der Waals surface area contributed by atoms with E-state index in [1.165, 1.54) is 60.7 Å². The smallest absolute Gasteiger partial charge is 0.420 e. The van der Waals surface area contributed by atoms with Crippen LogP contribution in [0.2, 0.25) is 0 Å². The third-order valence-corrected chi connectivity index (χ3v) is 16.3. The predicted octanol–water partition coefficient (Wildman–Crippen LogP) is 11.6. The van der Waals surface area contributed by atoms with Gasteiger partial charge in [-0.05, 0) is 89.6 Å². The van der Waals surface area contributed by atoms with Crippen LogP contribution in [0.25, 0.3) is 21.5 Å². The van der Waals surface area contributed by atoms with E-state index in [9.17, 15) is 43.2 Å². The van der Waals surface area contributed by atoms with E-state index in [2.05, 4.69) is 49.3 Å². The minimum absolute atomic E-state index is 0. The molecule has 8 rings (SSSR count). The third-order valence-electron chi connectivity index (χ3n) is 13.8. The van der Waals surface area contributed by atoms with Gasteiger partial charge in [0.15, 0.2) is 17.9 Å². The number of nitrogens with zero attached hydrogens (tertiary/aromatic N) is 2. The van der Waals surface area contributed by atoms with Crippen LogP contribution in [0.15, 0.2) is 182 Å². The van der Waals surface area contributed by atoms with Crippen LogP contribution in [0.1, 0.15) is 87.8 Å². The van der Waals surface area contributed by atoms with Gasteiger partial charge in [-0.15, -0.1) is 0 Å². The Morgan fingerprint density at radius 2 is 1.03 bits per heavy atom. The number of rotatable bonds is 20. The summed E-state index contributed by atoms with van der Waals surface area (Å²) in [4.78, 5) is 2.15. The molecule has 2 unspecified atom stereocenters. The second-order valence-electron chi connectivity index (χ2n) is 19.8. The number of anilines is 1. The molecule has 76 heavy (non-hydrogen) atoms. The van der Waals surface area contributed by atoms with Crippen molar-refractivity contribution in [1.29, 1.82) is 0 Å². The first-order valence-corrected chi connectivity index (χ1v) is 27.9. The molecule has 6 aromatic carbocycles. The lowest BCUT2D eigenvalue weighted by Gasteiger charge is -2.27. The molecule has 0 amide bonds. The molecule has 2 heterocycles. The highest BCUT2D eigenvalue weighted by atomic mass is 35.5. The number of hydrogen-bond acceptors (Lipinski definition) is 7. The molecule has 402 valence electrons. The summed E-state index contributed by atoms with van der Waals surface area (Å²) in [5.41, 5.74) is 4.45. The van der Waals surface area contributed by atoms with Crippen LogP contribution in [0.5, 0.6) is 0 Å². The van der Waals surface area contributed by atoms with Crippen molar-refractivity contribution < 1.29 is 68.5 Å². The van der Waals surface area contributed by atoms with Gasteiger partial charge in [0.05, 0.1) is 16.9 Å². The van der Waals surface area contributed by atoms with Crippen molar-refractivity contribution in [3.63, 3.8) is 0 Å². The maximum Gasteiger partial charge on any atom is 0.420 e. The van der Waals surface area contributed by atoms with Crippen LogP contribution >= 0.6 is 0 Å². The topological polar surface area (TPSA) is 93.0 Å². The Labute approximate surface area is 447 Å². The molecule has 0 radical (unpaired) electrons. The first kappa shape index (κ1) is 57.7. The maximum atomic E-state index is 14.0. The van der Waals surface area contributed by atoms with Gasteiger partial charge in [-0.1, -0.05) is 159 Å². The summed E-state index contributed by atoms with van der Waals surface area (Å²) in [6.45, 7) is 9.30. The van der Waals surface area contributed by atoms with Gasteiger partial charge in [0, 0.05) is 47.5 Å². The largest absolute Gasteiger partial charge is 1.00 e. The summed E-state index contributed by atoms with van der Waals surface area (Å²) in [5, 5.41) is 4.28. The highest BCUT2D eigenvalue weighted by Gasteiger charge is 2.48. The molecule has 17 heteroatoms. The molecule has 2 atom stereocenters. The van der Waals surface area contributed by atoms with Gasteiger partial charge in [-0.25, -0.2) is 0 Å². The Hall–Kier alpha value is -6.04. The molecule has 6 aromatic rings. The number of hydrogen-bond donors (Lipinski definition) is 0. The SMILES string of the molecule is CC1(C)C(/C=C/C=C/C=C/C=C2\N(CCCCS(=O)(=O)OC(c3ccccc3)C(F)(F)F)c3ccc4ccccc4c3C2(C)C)=[N+](CCCCS(=O)(=O)OC(c2ccccc2)C(F)(F)F)c2ccc3ccccc3c21.[Cl-]. The number of halogens is 7. The monoisotopic (exact) mass is 1100 g/mol. The molecule has 2 aliphatic rings.